The second kappa shape index (κ2) is 9.05. The molecule has 5 heteroatoms. The molecule has 3 nitrogen and oxygen atoms in total. The molecule has 0 N–H and O–H groups in total. The largest absolute Gasteiger partial charge is 0.322 e. The van der Waals surface area contributed by atoms with Gasteiger partial charge in [0.05, 0.1) is 6.10 Å². The van der Waals surface area contributed by atoms with Crippen LogP contribution in [-0.2, 0) is 13.7 Å². The molecule has 0 spiro atoms. The molecule has 1 atom stereocenters. The first-order chi connectivity index (χ1) is 13.4. The fourth-order valence-corrected chi connectivity index (χ4v) is 9.35. The zero-order chi connectivity index (χ0) is 20.0. The van der Waals surface area contributed by atoms with Gasteiger partial charge in [-0.05, 0) is 26.0 Å². The topological polar surface area (TPSA) is 43.4 Å². The fourth-order valence-electron chi connectivity index (χ4n) is 3.26. The molecule has 0 saturated heterocycles. The van der Waals surface area contributed by atoms with Crippen molar-refractivity contribution in [2.45, 2.75) is 20.0 Å². The highest BCUT2D eigenvalue weighted by Crippen LogP contribution is 2.52. The van der Waals surface area contributed by atoms with E-state index >= 15 is 0 Å². The van der Waals surface area contributed by atoms with Crippen molar-refractivity contribution in [3.05, 3.63) is 91.0 Å². The molecule has 28 heavy (non-hydrogen) atoms. The van der Waals surface area contributed by atoms with Crippen molar-refractivity contribution in [3.63, 3.8) is 0 Å². The van der Waals surface area contributed by atoms with E-state index in [1.54, 1.807) is 0 Å². The Morgan fingerprint density at radius 1 is 0.643 bits per heavy atom. The number of hydrogen-bond donors (Lipinski definition) is 0. The Morgan fingerprint density at radius 2 is 1.04 bits per heavy atom. The molecular formula is C23H26O3P2. The SMILES string of the molecule is CC(C)OP(=O)(CCP(=O)(c1ccccc1)c1ccccc1)c1ccccc1. The first-order valence-electron chi connectivity index (χ1n) is 9.47. The van der Waals surface area contributed by atoms with E-state index in [9.17, 15) is 9.13 Å². The molecule has 0 aliphatic heterocycles. The van der Waals surface area contributed by atoms with Crippen molar-refractivity contribution in [2.75, 3.05) is 12.3 Å². The van der Waals surface area contributed by atoms with Gasteiger partial charge in [0.2, 0.25) is 7.37 Å². The lowest BCUT2D eigenvalue weighted by molar-refractivity contribution is 0.249. The summed E-state index contributed by atoms with van der Waals surface area (Å²) in [5, 5.41) is 2.24. The maximum atomic E-state index is 14.2. The van der Waals surface area contributed by atoms with Crippen LogP contribution in [0, 0.1) is 0 Å². The summed E-state index contributed by atoms with van der Waals surface area (Å²) in [6.45, 7) is 3.76. The summed E-state index contributed by atoms with van der Waals surface area (Å²) >= 11 is 0. The molecule has 0 aliphatic carbocycles. The van der Waals surface area contributed by atoms with Crippen LogP contribution in [0.2, 0.25) is 0 Å². The minimum atomic E-state index is -3.14. The van der Waals surface area contributed by atoms with Crippen LogP contribution in [0.3, 0.4) is 0 Å². The van der Waals surface area contributed by atoms with E-state index in [0.29, 0.717) is 11.5 Å². The van der Waals surface area contributed by atoms with Crippen LogP contribution < -0.4 is 15.9 Å². The number of benzene rings is 3. The van der Waals surface area contributed by atoms with Gasteiger partial charge in [-0.15, -0.1) is 0 Å². The van der Waals surface area contributed by atoms with Crippen LogP contribution in [0.4, 0.5) is 0 Å². The van der Waals surface area contributed by atoms with Crippen molar-refractivity contribution < 1.29 is 13.7 Å². The molecule has 3 aromatic carbocycles. The van der Waals surface area contributed by atoms with Crippen LogP contribution >= 0.6 is 14.5 Å². The fraction of sp³-hybridized carbons (Fsp3) is 0.217. The highest BCUT2D eigenvalue weighted by atomic mass is 31.2. The van der Waals surface area contributed by atoms with Crippen LogP contribution in [0.5, 0.6) is 0 Å². The van der Waals surface area contributed by atoms with Gasteiger partial charge in [0.25, 0.3) is 0 Å². The molecular weight excluding hydrogens is 386 g/mol. The summed E-state index contributed by atoms with van der Waals surface area (Å²) < 4.78 is 33.9. The number of hydrogen-bond acceptors (Lipinski definition) is 3. The third kappa shape index (κ3) is 4.73. The lowest BCUT2D eigenvalue weighted by Crippen LogP contribution is -2.22. The smallest absolute Gasteiger partial charge is 0.232 e. The third-order valence-corrected chi connectivity index (χ3v) is 10.7. The van der Waals surface area contributed by atoms with Crippen LogP contribution in [0.25, 0.3) is 0 Å². The molecule has 0 bridgehead atoms. The van der Waals surface area contributed by atoms with Gasteiger partial charge in [-0.2, -0.15) is 0 Å². The minimum Gasteiger partial charge on any atom is -0.322 e. The molecule has 3 aromatic rings. The van der Waals surface area contributed by atoms with Gasteiger partial charge in [-0.25, -0.2) is 0 Å². The minimum absolute atomic E-state index is 0.182. The third-order valence-electron chi connectivity index (χ3n) is 4.59. The zero-order valence-corrected chi connectivity index (χ0v) is 18.1. The molecule has 0 fully saturated rings. The molecule has 0 aliphatic rings. The number of rotatable bonds is 8. The van der Waals surface area contributed by atoms with Gasteiger partial charge in [0.1, 0.15) is 7.14 Å². The van der Waals surface area contributed by atoms with E-state index in [4.69, 9.17) is 4.52 Å². The first kappa shape index (κ1) is 20.8. The van der Waals surface area contributed by atoms with Gasteiger partial charge in [0, 0.05) is 28.2 Å². The summed E-state index contributed by atoms with van der Waals surface area (Å²) in [5.74, 6) is 0. The summed E-state index contributed by atoms with van der Waals surface area (Å²) in [6.07, 6.45) is 0.342. The monoisotopic (exact) mass is 412 g/mol. The normalized spacial score (nSPS) is 14.0. The van der Waals surface area contributed by atoms with E-state index in [1.807, 2.05) is 105 Å². The van der Waals surface area contributed by atoms with Gasteiger partial charge < -0.3 is 9.09 Å². The summed E-state index contributed by atoms with van der Waals surface area (Å²) in [4.78, 5) is 0. The lowest BCUT2D eigenvalue weighted by atomic mass is 10.4. The Morgan fingerprint density at radius 3 is 1.43 bits per heavy atom. The molecule has 0 saturated carbocycles. The van der Waals surface area contributed by atoms with Gasteiger partial charge in [-0.3, -0.25) is 4.57 Å². The van der Waals surface area contributed by atoms with E-state index in [1.165, 1.54) is 0 Å². The summed E-state index contributed by atoms with van der Waals surface area (Å²) in [6, 6.07) is 28.3. The molecule has 3 rings (SSSR count). The zero-order valence-electron chi connectivity index (χ0n) is 16.3. The van der Waals surface area contributed by atoms with Crippen molar-refractivity contribution in [1.29, 1.82) is 0 Å². The average Bonchev–Trinajstić information content (AvgIpc) is 2.73. The Balaban J connectivity index is 1.99. The van der Waals surface area contributed by atoms with Crippen LogP contribution in [0.15, 0.2) is 91.0 Å². The maximum absolute atomic E-state index is 14.2. The second-order valence-corrected chi connectivity index (χ2v) is 12.5. The molecule has 1 unspecified atom stereocenters. The molecule has 0 aromatic heterocycles. The summed E-state index contributed by atoms with van der Waals surface area (Å²) in [7, 11) is -6.07. The van der Waals surface area contributed by atoms with E-state index < -0.39 is 14.5 Å². The first-order valence-corrected chi connectivity index (χ1v) is 13.2. The van der Waals surface area contributed by atoms with E-state index in [-0.39, 0.29) is 12.3 Å². The predicted octanol–water partition coefficient (Wildman–Crippen LogP) is 5.03. The predicted molar refractivity (Wildman–Crippen MR) is 119 cm³/mol. The van der Waals surface area contributed by atoms with Crippen molar-refractivity contribution in [3.8, 4) is 0 Å². The van der Waals surface area contributed by atoms with Gasteiger partial charge in [-0.1, -0.05) is 78.9 Å². The standard InChI is InChI=1S/C23H26O3P2/c1-20(2)26-28(25,23-16-10-5-11-17-23)19-18-27(24,21-12-6-3-7-13-21)22-14-8-4-9-15-22/h3-17,20H,18-19H2,1-2H3. The van der Waals surface area contributed by atoms with Crippen molar-refractivity contribution in [1.82, 2.24) is 0 Å². The highest BCUT2D eigenvalue weighted by Gasteiger charge is 2.34. The second-order valence-electron chi connectivity index (χ2n) is 7.02. The lowest BCUT2D eigenvalue weighted by Gasteiger charge is -2.25. The Labute approximate surface area is 167 Å². The van der Waals surface area contributed by atoms with E-state index in [2.05, 4.69) is 0 Å². The molecule has 0 heterocycles. The Kier molecular flexibility index (Phi) is 6.73. The van der Waals surface area contributed by atoms with Gasteiger partial charge >= 0.3 is 0 Å². The Hall–Kier alpha value is -1.92. The Bertz CT molecular complexity index is 927. The quantitative estimate of drug-likeness (QED) is 0.488. The molecule has 0 radical (unpaired) electrons. The van der Waals surface area contributed by atoms with Crippen LogP contribution in [0.1, 0.15) is 13.8 Å². The maximum Gasteiger partial charge on any atom is 0.232 e. The summed E-state index contributed by atoms with van der Waals surface area (Å²) in [5.41, 5.74) is 0. The van der Waals surface area contributed by atoms with Gasteiger partial charge in [0.15, 0.2) is 0 Å². The highest BCUT2D eigenvalue weighted by molar-refractivity contribution is 7.79. The molecule has 0 amide bonds. The van der Waals surface area contributed by atoms with Crippen LogP contribution in [-0.4, -0.2) is 18.4 Å². The van der Waals surface area contributed by atoms with Crippen molar-refractivity contribution in [2.24, 2.45) is 0 Å². The average molecular weight is 412 g/mol. The molecule has 146 valence electrons. The van der Waals surface area contributed by atoms with Crippen molar-refractivity contribution >= 4 is 30.4 Å². The van der Waals surface area contributed by atoms with E-state index in [0.717, 1.165) is 10.6 Å².